The highest BCUT2D eigenvalue weighted by molar-refractivity contribution is 5.80. The van der Waals surface area contributed by atoms with Gasteiger partial charge in [-0.05, 0) is 18.3 Å². The predicted octanol–water partition coefficient (Wildman–Crippen LogP) is 1.45. The predicted molar refractivity (Wildman–Crippen MR) is 57.8 cm³/mol. The van der Waals surface area contributed by atoms with Gasteiger partial charge in [0.25, 0.3) is 0 Å². The van der Waals surface area contributed by atoms with Crippen molar-refractivity contribution in [1.82, 2.24) is 10.2 Å². The second-order valence-corrected chi connectivity index (χ2v) is 5.22. The van der Waals surface area contributed by atoms with Crippen molar-refractivity contribution >= 4 is 5.91 Å². The molecule has 1 aliphatic rings. The summed E-state index contributed by atoms with van der Waals surface area (Å²) >= 11 is 0. The van der Waals surface area contributed by atoms with Gasteiger partial charge in [0, 0.05) is 6.54 Å². The summed E-state index contributed by atoms with van der Waals surface area (Å²) in [5, 5.41) is 3.16. The average molecular weight is 198 g/mol. The summed E-state index contributed by atoms with van der Waals surface area (Å²) in [6.07, 6.45) is 0.195. The van der Waals surface area contributed by atoms with Gasteiger partial charge in [-0.2, -0.15) is 0 Å². The Morgan fingerprint density at radius 1 is 1.57 bits per heavy atom. The Hall–Kier alpha value is -0.570. The summed E-state index contributed by atoms with van der Waals surface area (Å²) in [7, 11) is 0. The van der Waals surface area contributed by atoms with Crippen molar-refractivity contribution in [3.05, 3.63) is 0 Å². The zero-order chi connectivity index (χ0) is 10.9. The molecule has 0 saturated carbocycles. The van der Waals surface area contributed by atoms with E-state index in [4.69, 9.17) is 0 Å². The molecule has 0 aromatic carbocycles. The minimum atomic E-state index is 0.190. The van der Waals surface area contributed by atoms with Crippen LogP contribution in [0.4, 0.5) is 0 Å². The number of nitrogens with zero attached hydrogens (tertiary/aromatic N) is 1. The second-order valence-electron chi connectivity index (χ2n) is 5.22. The zero-order valence-electron chi connectivity index (χ0n) is 9.92. The van der Waals surface area contributed by atoms with Gasteiger partial charge in [-0.1, -0.05) is 27.7 Å². The molecule has 1 unspecified atom stereocenters. The molecule has 82 valence electrons. The van der Waals surface area contributed by atoms with Crippen LogP contribution in [0, 0.1) is 11.3 Å². The maximum absolute atomic E-state index is 11.5. The first-order valence-electron chi connectivity index (χ1n) is 5.37. The lowest BCUT2D eigenvalue weighted by molar-refractivity contribution is -0.129. The molecule has 0 bridgehead atoms. The molecule has 1 saturated heterocycles. The zero-order valence-corrected chi connectivity index (χ0v) is 9.92. The van der Waals surface area contributed by atoms with Crippen LogP contribution >= 0.6 is 0 Å². The minimum Gasteiger partial charge on any atom is -0.326 e. The Labute approximate surface area is 86.9 Å². The van der Waals surface area contributed by atoms with Gasteiger partial charge in [0.2, 0.25) is 5.91 Å². The lowest BCUT2D eigenvalue weighted by atomic mass is 9.80. The standard InChI is InChI=1S/C11H22N2O/c1-8(2)11(4,5)7-13-9(3)12-6-10(13)14/h8-9,12H,6-7H2,1-5H3. The van der Waals surface area contributed by atoms with Gasteiger partial charge in [0.15, 0.2) is 0 Å². The summed E-state index contributed by atoms with van der Waals surface area (Å²) in [4.78, 5) is 13.5. The van der Waals surface area contributed by atoms with E-state index in [1.807, 2.05) is 11.8 Å². The normalized spacial score (nSPS) is 23.7. The van der Waals surface area contributed by atoms with Gasteiger partial charge < -0.3 is 4.90 Å². The van der Waals surface area contributed by atoms with Crippen LogP contribution in [0.25, 0.3) is 0 Å². The summed E-state index contributed by atoms with van der Waals surface area (Å²) in [6, 6.07) is 0. The number of amides is 1. The minimum absolute atomic E-state index is 0.190. The number of nitrogens with one attached hydrogen (secondary N) is 1. The van der Waals surface area contributed by atoms with Crippen molar-refractivity contribution in [2.75, 3.05) is 13.1 Å². The van der Waals surface area contributed by atoms with Crippen molar-refractivity contribution < 1.29 is 4.79 Å². The number of carbonyl (C=O) groups is 1. The summed E-state index contributed by atoms with van der Waals surface area (Å²) in [5.74, 6) is 0.814. The van der Waals surface area contributed by atoms with Gasteiger partial charge in [-0.3, -0.25) is 10.1 Å². The third-order valence-electron chi connectivity index (χ3n) is 3.48. The molecule has 1 atom stereocenters. The van der Waals surface area contributed by atoms with Gasteiger partial charge in [0.1, 0.15) is 0 Å². The van der Waals surface area contributed by atoms with E-state index in [0.29, 0.717) is 12.5 Å². The van der Waals surface area contributed by atoms with Crippen LogP contribution < -0.4 is 5.32 Å². The van der Waals surface area contributed by atoms with Crippen LogP contribution in [0.3, 0.4) is 0 Å². The first kappa shape index (κ1) is 11.5. The van der Waals surface area contributed by atoms with Crippen LogP contribution in [-0.2, 0) is 4.79 Å². The van der Waals surface area contributed by atoms with Gasteiger partial charge in [-0.25, -0.2) is 0 Å². The van der Waals surface area contributed by atoms with Crippen molar-refractivity contribution in [3.8, 4) is 0 Å². The van der Waals surface area contributed by atoms with E-state index in [-0.39, 0.29) is 17.5 Å². The fourth-order valence-corrected chi connectivity index (χ4v) is 1.51. The molecule has 1 aliphatic heterocycles. The Balaban J connectivity index is 2.63. The van der Waals surface area contributed by atoms with Crippen LogP contribution in [-0.4, -0.2) is 30.1 Å². The van der Waals surface area contributed by atoms with E-state index in [2.05, 4.69) is 33.0 Å². The smallest absolute Gasteiger partial charge is 0.237 e. The Bertz CT molecular complexity index is 223. The fourth-order valence-electron chi connectivity index (χ4n) is 1.51. The molecule has 1 rings (SSSR count). The fraction of sp³-hybridized carbons (Fsp3) is 0.909. The molecular formula is C11H22N2O. The molecular weight excluding hydrogens is 176 g/mol. The highest BCUT2D eigenvalue weighted by Gasteiger charge is 2.33. The quantitative estimate of drug-likeness (QED) is 0.744. The summed E-state index contributed by atoms with van der Waals surface area (Å²) in [5.41, 5.74) is 0.190. The second kappa shape index (κ2) is 3.89. The van der Waals surface area contributed by atoms with E-state index in [9.17, 15) is 4.79 Å². The molecule has 0 aromatic heterocycles. The van der Waals surface area contributed by atoms with Crippen molar-refractivity contribution in [3.63, 3.8) is 0 Å². The third kappa shape index (κ3) is 2.27. The third-order valence-corrected chi connectivity index (χ3v) is 3.48. The van der Waals surface area contributed by atoms with Crippen molar-refractivity contribution in [1.29, 1.82) is 0 Å². The molecule has 1 fully saturated rings. The molecule has 1 amide bonds. The number of hydrogen-bond donors (Lipinski definition) is 1. The molecule has 1 N–H and O–H groups in total. The Morgan fingerprint density at radius 3 is 2.50 bits per heavy atom. The lowest BCUT2D eigenvalue weighted by Crippen LogP contribution is -2.43. The topological polar surface area (TPSA) is 32.3 Å². The van der Waals surface area contributed by atoms with E-state index >= 15 is 0 Å². The molecule has 0 spiro atoms. The van der Waals surface area contributed by atoms with Gasteiger partial charge >= 0.3 is 0 Å². The van der Waals surface area contributed by atoms with Crippen molar-refractivity contribution in [2.45, 2.75) is 40.8 Å². The Kier molecular flexibility index (Phi) is 3.20. The molecule has 0 radical (unpaired) electrons. The summed E-state index contributed by atoms with van der Waals surface area (Å²) < 4.78 is 0. The van der Waals surface area contributed by atoms with E-state index in [1.165, 1.54) is 0 Å². The maximum atomic E-state index is 11.5. The van der Waals surface area contributed by atoms with Crippen LogP contribution in [0.15, 0.2) is 0 Å². The first-order valence-corrected chi connectivity index (χ1v) is 5.37. The highest BCUT2D eigenvalue weighted by Crippen LogP contribution is 2.28. The number of hydrogen-bond acceptors (Lipinski definition) is 2. The molecule has 3 nitrogen and oxygen atoms in total. The van der Waals surface area contributed by atoms with Crippen molar-refractivity contribution in [2.24, 2.45) is 11.3 Å². The average Bonchev–Trinajstić information content (AvgIpc) is 2.35. The van der Waals surface area contributed by atoms with Gasteiger partial charge in [-0.15, -0.1) is 0 Å². The highest BCUT2D eigenvalue weighted by atomic mass is 16.2. The van der Waals surface area contributed by atoms with Crippen LogP contribution in [0.2, 0.25) is 0 Å². The Morgan fingerprint density at radius 2 is 2.14 bits per heavy atom. The maximum Gasteiger partial charge on any atom is 0.237 e. The van der Waals surface area contributed by atoms with Crippen LogP contribution in [0.1, 0.15) is 34.6 Å². The monoisotopic (exact) mass is 198 g/mol. The molecule has 3 heteroatoms. The van der Waals surface area contributed by atoms with E-state index in [1.54, 1.807) is 0 Å². The largest absolute Gasteiger partial charge is 0.326 e. The molecule has 14 heavy (non-hydrogen) atoms. The van der Waals surface area contributed by atoms with Gasteiger partial charge in [0.05, 0.1) is 12.7 Å². The number of rotatable bonds is 3. The number of carbonyl (C=O) groups excluding carboxylic acids is 1. The van der Waals surface area contributed by atoms with E-state index < -0.39 is 0 Å². The van der Waals surface area contributed by atoms with Crippen LogP contribution in [0.5, 0.6) is 0 Å². The summed E-state index contributed by atoms with van der Waals surface area (Å²) in [6.45, 7) is 12.2. The molecule has 1 heterocycles. The molecule has 0 aromatic rings. The SMILES string of the molecule is CC1NCC(=O)N1CC(C)(C)C(C)C. The molecule has 0 aliphatic carbocycles. The van der Waals surface area contributed by atoms with E-state index in [0.717, 1.165) is 6.54 Å². The first-order chi connectivity index (χ1) is 6.34. The lowest BCUT2D eigenvalue weighted by Gasteiger charge is -2.35.